The lowest BCUT2D eigenvalue weighted by atomic mass is 10.00. The van der Waals surface area contributed by atoms with E-state index in [-0.39, 0.29) is 10.8 Å². The van der Waals surface area contributed by atoms with Crippen LogP contribution >= 0.6 is 15.9 Å². The van der Waals surface area contributed by atoms with Crippen molar-refractivity contribution in [1.82, 2.24) is 14.4 Å². The number of hydrogen-bond donors (Lipinski definition) is 0. The van der Waals surface area contributed by atoms with E-state index in [0.717, 1.165) is 22.9 Å². The van der Waals surface area contributed by atoms with Gasteiger partial charge in [0.05, 0.1) is 17.9 Å². The molecule has 152 valence electrons. The van der Waals surface area contributed by atoms with Crippen LogP contribution in [0.25, 0.3) is 11.4 Å². The molecule has 0 amide bonds. The summed E-state index contributed by atoms with van der Waals surface area (Å²) in [6.45, 7) is 0.796. The molecule has 0 N–H and O–H groups in total. The summed E-state index contributed by atoms with van der Waals surface area (Å²) in [4.78, 5) is 4.80. The number of rotatable bonds is 5. The van der Waals surface area contributed by atoms with Crippen molar-refractivity contribution in [2.24, 2.45) is 0 Å². The molecule has 4 rings (SSSR count). The van der Waals surface area contributed by atoms with Gasteiger partial charge >= 0.3 is 0 Å². The number of sulfonamides is 1. The molecule has 1 unspecified atom stereocenters. The number of halogens is 1. The molecule has 9 heteroatoms. The molecule has 1 atom stereocenters. The quantitative estimate of drug-likeness (QED) is 0.550. The number of aromatic nitrogens is 2. The maximum Gasteiger partial charge on any atom is 0.243 e. The molecule has 1 saturated heterocycles. The van der Waals surface area contributed by atoms with Crippen molar-refractivity contribution in [1.29, 1.82) is 0 Å². The molecule has 0 radical (unpaired) electrons. The van der Waals surface area contributed by atoms with Crippen LogP contribution in [0.4, 0.5) is 0 Å². The van der Waals surface area contributed by atoms with Gasteiger partial charge in [0, 0.05) is 23.1 Å². The Kier molecular flexibility index (Phi) is 5.71. The second-order valence-corrected chi connectivity index (χ2v) is 9.70. The number of nitrogens with zero attached hydrogens (tertiary/aromatic N) is 3. The minimum atomic E-state index is -3.57. The molecule has 1 fully saturated rings. The smallest absolute Gasteiger partial charge is 0.243 e. The molecular formula is C20H20BrN3O4S. The standard InChI is InChI=1S/C20H20BrN3O4S/c1-27-17-6-2-4-14(12-17)19-22-20(28-23-19)15-5-3-11-24(13-15)29(25,26)18-9-7-16(21)8-10-18/h2,4,6-10,12,15H,3,5,11,13H2,1H3. The SMILES string of the molecule is COc1cccc(-c2noc(C3CCCN(S(=O)(=O)c4ccc(Br)cc4)C3)n2)c1. The molecular weight excluding hydrogens is 458 g/mol. The average molecular weight is 478 g/mol. The molecule has 0 bridgehead atoms. The molecule has 3 aromatic rings. The van der Waals surface area contributed by atoms with Gasteiger partial charge in [0.15, 0.2) is 0 Å². The van der Waals surface area contributed by atoms with Gasteiger partial charge in [-0.05, 0) is 49.2 Å². The van der Waals surface area contributed by atoms with Crippen LogP contribution in [0.2, 0.25) is 0 Å². The second-order valence-electron chi connectivity index (χ2n) is 6.84. The first kappa shape index (κ1) is 20.1. The Bertz CT molecular complexity index is 1100. The Hall–Kier alpha value is -2.23. The summed E-state index contributed by atoms with van der Waals surface area (Å²) >= 11 is 3.33. The highest BCUT2D eigenvalue weighted by Crippen LogP contribution is 2.31. The third-order valence-corrected chi connectivity index (χ3v) is 7.36. The van der Waals surface area contributed by atoms with Gasteiger partial charge in [0.1, 0.15) is 5.75 Å². The third kappa shape index (κ3) is 4.22. The van der Waals surface area contributed by atoms with E-state index in [2.05, 4.69) is 26.1 Å². The predicted molar refractivity (Wildman–Crippen MR) is 111 cm³/mol. The van der Waals surface area contributed by atoms with Gasteiger partial charge in [0.25, 0.3) is 0 Å². The molecule has 1 aliphatic heterocycles. The van der Waals surface area contributed by atoms with E-state index in [1.54, 1.807) is 31.4 Å². The summed E-state index contributed by atoms with van der Waals surface area (Å²) in [7, 11) is -1.97. The highest BCUT2D eigenvalue weighted by molar-refractivity contribution is 9.10. The zero-order valence-electron chi connectivity index (χ0n) is 15.8. The van der Waals surface area contributed by atoms with E-state index in [4.69, 9.17) is 9.26 Å². The zero-order valence-corrected chi connectivity index (χ0v) is 18.2. The minimum absolute atomic E-state index is 0.138. The Morgan fingerprint density at radius 2 is 2.00 bits per heavy atom. The highest BCUT2D eigenvalue weighted by Gasteiger charge is 2.33. The maximum atomic E-state index is 13.0. The van der Waals surface area contributed by atoms with Gasteiger partial charge in [-0.1, -0.05) is 33.2 Å². The van der Waals surface area contributed by atoms with Crippen molar-refractivity contribution in [3.63, 3.8) is 0 Å². The molecule has 7 nitrogen and oxygen atoms in total. The first-order chi connectivity index (χ1) is 14.0. The first-order valence-electron chi connectivity index (χ1n) is 9.21. The van der Waals surface area contributed by atoms with Crippen LogP contribution in [0, 0.1) is 0 Å². The van der Waals surface area contributed by atoms with Gasteiger partial charge < -0.3 is 9.26 Å². The first-order valence-corrected chi connectivity index (χ1v) is 11.4. The fourth-order valence-corrected chi connectivity index (χ4v) is 5.19. The molecule has 2 heterocycles. The topological polar surface area (TPSA) is 85.5 Å². The Morgan fingerprint density at radius 3 is 2.76 bits per heavy atom. The van der Waals surface area contributed by atoms with E-state index >= 15 is 0 Å². The van der Waals surface area contributed by atoms with Crippen LogP contribution in [0.15, 0.2) is 62.4 Å². The Labute approximate surface area is 177 Å². The summed E-state index contributed by atoms with van der Waals surface area (Å²) in [6.07, 6.45) is 1.53. The zero-order chi connectivity index (χ0) is 20.4. The summed E-state index contributed by atoms with van der Waals surface area (Å²) in [5.41, 5.74) is 0.787. The van der Waals surface area contributed by atoms with Gasteiger partial charge in [0.2, 0.25) is 21.7 Å². The van der Waals surface area contributed by atoms with Crippen LogP contribution < -0.4 is 4.74 Å². The van der Waals surface area contributed by atoms with Crippen molar-refractivity contribution in [3.8, 4) is 17.1 Å². The summed E-state index contributed by atoms with van der Waals surface area (Å²) in [5.74, 6) is 1.49. The Balaban J connectivity index is 1.54. The lowest BCUT2D eigenvalue weighted by Crippen LogP contribution is -2.39. The number of methoxy groups -OCH3 is 1. The van der Waals surface area contributed by atoms with E-state index in [1.807, 2.05) is 24.3 Å². The maximum absolute atomic E-state index is 13.0. The molecule has 2 aromatic carbocycles. The molecule has 1 aromatic heterocycles. The number of ether oxygens (including phenoxy) is 1. The lowest BCUT2D eigenvalue weighted by molar-refractivity contribution is 0.265. The van der Waals surface area contributed by atoms with Crippen molar-refractivity contribution in [3.05, 3.63) is 58.9 Å². The normalized spacial score (nSPS) is 17.9. The number of piperidine rings is 1. The second kappa shape index (κ2) is 8.25. The number of hydrogen-bond acceptors (Lipinski definition) is 6. The van der Waals surface area contributed by atoms with E-state index in [1.165, 1.54) is 4.31 Å². The average Bonchev–Trinajstić information content (AvgIpc) is 3.25. The minimum Gasteiger partial charge on any atom is -0.497 e. The fraction of sp³-hybridized carbons (Fsp3) is 0.300. The van der Waals surface area contributed by atoms with Crippen LogP contribution in [-0.4, -0.2) is 43.1 Å². The molecule has 0 spiro atoms. The molecule has 1 aliphatic rings. The van der Waals surface area contributed by atoms with E-state index in [0.29, 0.717) is 30.6 Å². The third-order valence-electron chi connectivity index (χ3n) is 4.95. The van der Waals surface area contributed by atoms with Gasteiger partial charge in [-0.25, -0.2) is 8.42 Å². The number of benzene rings is 2. The van der Waals surface area contributed by atoms with Crippen molar-refractivity contribution in [2.75, 3.05) is 20.2 Å². The monoisotopic (exact) mass is 477 g/mol. The largest absolute Gasteiger partial charge is 0.497 e. The molecule has 29 heavy (non-hydrogen) atoms. The summed E-state index contributed by atoms with van der Waals surface area (Å²) in [5, 5.41) is 4.08. The summed E-state index contributed by atoms with van der Waals surface area (Å²) < 4.78 is 39.1. The molecule has 0 aliphatic carbocycles. The van der Waals surface area contributed by atoms with E-state index in [9.17, 15) is 8.42 Å². The van der Waals surface area contributed by atoms with Gasteiger partial charge in [-0.15, -0.1) is 0 Å². The van der Waals surface area contributed by atoms with E-state index < -0.39 is 10.0 Å². The van der Waals surface area contributed by atoms with Gasteiger partial charge in [-0.3, -0.25) is 0 Å². The van der Waals surface area contributed by atoms with Gasteiger partial charge in [-0.2, -0.15) is 9.29 Å². The van der Waals surface area contributed by atoms with Crippen molar-refractivity contribution in [2.45, 2.75) is 23.7 Å². The predicted octanol–water partition coefficient (Wildman–Crippen LogP) is 4.08. The highest BCUT2D eigenvalue weighted by atomic mass is 79.9. The lowest BCUT2D eigenvalue weighted by Gasteiger charge is -2.30. The molecule has 0 saturated carbocycles. The van der Waals surface area contributed by atoms with Crippen LogP contribution in [0.3, 0.4) is 0 Å². The van der Waals surface area contributed by atoms with Crippen molar-refractivity contribution < 1.29 is 17.7 Å². The van der Waals surface area contributed by atoms with Crippen molar-refractivity contribution >= 4 is 26.0 Å². The van der Waals surface area contributed by atoms with Crippen LogP contribution in [-0.2, 0) is 10.0 Å². The fourth-order valence-electron chi connectivity index (χ4n) is 3.40. The van der Waals surface area contributed by atoms with Crippen LogP contribution in [0.1, 0.15) is 24.7 Å². The summed E-state index contributed by atoms with van der Waals surface area (Å²) in [6, 6.07) is 14.1. The van der Waals surface area contributed by atoms with Crippen LogP contribution in [0.5, 0.6) is 5.75 Å². The Morgan fingerprint density at radius 1 is 1.21 bits per heavy atom.